The maximum absolute atomic E-state index is 13.0. The molecule has 0 unspecified atom stereocenters. The maximum Gasteiger partial charge on any atom is 0.188 e. The predicted molar refractivity (Wildman–Crippen MR) is 49.3 cm³/mol. The van der Waals surface area contributed by atoms with Gasteiger partial charge in [0.2, 0.25) is 0 Å². The van der Waals surface area contributed by atoms with Crippen LogP contribution in [0.5, 0.6) is 5.75 Å². The molecule has 5 heteroatoms. The Morgan fingerprint density at radius 3 is 2.86 bits per heavy atom. The number of hydrogen-bond donors (Lipinski definition) is 0. The third kappa shape index (κ3) is 2.43. The van der Waals surface area contributed by atoms with Gasteiger partial charge in [-0.05, 0) is 6.07 Å². The summed E-state index contributed by atoms with van der Waals surface area (Å²) in [5, 5.41) is 0.172. The van der Waals surface area contributed by atoms with E-state index < -0.39 is 5.82 Å². The molecule has 0 aromatic heterocycles. The van der Waals surface area contributed by atoms with Crippen LogP contribution in [0.3, 0.4) is 0 Å². The highest BCUT2D eigenvalue weighted by Gasteiger charge is 2.08. The van der Waals surface area contributed by atoms with E-state index in [0.29, 0.717) is 6.29 Å². The molecule has 0 saturated carbocycles. The van der Waals surface area contributed by atoms with Crippen molar-refractivity contribution in [1.29, 1.82) is 0 Å². The van der Waals surface area contributed by atoms with Gasteiger partial charge in [-0.2, -0.15) is 0 Å². The van der Waals surface area contributed by atoms with Gasteiger partial charge >= 0.3 is 0 Å². The molecule has 0 bridgehead atoms. The molecule has 76 valence electrons. The van der Waals surface area contributed by atoms with Crippen molar-refractivity contribution in [1.82, 2.24) is 0 Å². The van der Waals surface area contributed by atoms with E-state index in [2.05, 4.69) is 4.74 Å². The lowest BCUT2D eigenvalue weighted by Crippen LogP contribution is -2.00. The average molecular weight is 219 g/mol. The Balaban J connectivity index is 2.96. The topological polar surface area (TPSA) is 35.5 Å². The molecule has 0 amide bonds. The molecule has 0 radical (unpaired) electrons. The normalized spacial score (nSPS) is 9.93. The van der Waals surface area contributed by atoms with Gasteiger partial charge in [0.15, 0.2) is 13.1 Å². The fraction of sp³-hybridized carbons (Fsp3) is 0.222. The maximum atomic E-state index is 13.0. The molecule has 0 saturated heterocycles. The highest BCUT2D eigenvalue weighted by molar-refractivity contribution is 6.32. The van der Waals surface area contributed by atoms with Crippen molar-refractivity contribution >= 4 is 17.9 Å². The largest absolute Gasteiger partial charge is 0.466 e. The second-order valence-electron chi connectivity index (χ2n) is 2.47. The molecule has 3 nitrogen and oxygen atoms in total. The van der Waals surface area contributed by atoms with E-state index in [1.54, 1.807) is 0 Å². The van der Waals surface area contributed by atoms with Crippen LogP contribution in [0.4, 0.5) is 4.39 Å². The number of hydrogen-bond acceptors (Lipinski definition) is 3. The summed E-state index contributed by atoms with van der Waals surface area (Å²) in [6.45, 7) is -0.0282. The number of carbonyl (C=O) groups is 1. The first-order valence-corrected chi connectivity index (χ1v) is 4.12. The molecular formula is C9H8ClFO3. The third-order valence-corrected chi connectivity index (χ3v) is 1.81. The Morgan fingerprint density at radius 2 is 2.29 bits per heavy atom. The van der Waals surface area contributed by atoms with E-state index in [4.69, 9.17) is 16.3 Å². The third-order valence-electron chi connectivity index (χ3n) is 1.51. The molecule has 1 rings (SSSR count). The zero-order valence-corrected chi connectivity index (χ0v) is 8.18. The Bertz CT molecular complexity index is 341. The summed E-state index contributed by atoms with van der Waals surface area (Å²) in [5.41, 5.74) is -0.0974. The highest BCUT2D eigenvalue weighted by Crippen LogP contribution is 2.26. The predicted octanol–water partition coefficient (Wildman–Crippen LogP) is 2.27. The van der Waals surface area contributed by atoms with Gasteiger partial charge in [-0.25, -0.2) is 4.39 Å². The summed E-state index contributed by atoms with van der Waals surface area (Å²) in [4.78, 5) is 10.3. The second-order valence-corrected chi connectivity index (χ2v) is 2.88. The summed E-state index contributed by atoms with van der Waals surface area (Å²) in [5.74, 6) is -0.521. The van der Waals surface area contributed by atoms with Crippen LogP contribution in [0.25, 0.3) is 0 Å². The van der Waals surface area contributed by atoms with Crippen molar-refractivity contribution in [2.45, 2.75) is 0 Å². The molecule has 1 aromatic carbocycles. The Morgan fingerprint density at radius 1 is 1.57 bits per heavy atom. The van der Waals surface area contributed by atoms with Crippen LogP contribution in [0.1, 0.15) is 10.4 Å². The number of aldehydes is 1. The Hall–Kier alpha value is -1.13. The number of halogens is 2. The Labute approximate surface area is 85.4 Å². The molecule has 0 aliphatic heterocycles. The van der Waals surface area contributed by atoms with Gasteiger partial charge in [-0.1, -0.05) is 11.6 Å². The lowest BCUT2D eigenvalue weighted by molar-refractivity contribution is 0.0510. The quantitative estimate of drug-likeness (QED) is 0.575. The van der Waals surface area contributed by atoms with Crippen LogP contribution < -0.4 is 4.74 Å². The van der Waals surface area contributed by atoms with Crippen LogP contribution in [0.15, 0.2) is 12.1 Å². The van der Waals surface area contributed by atoms with Crippen LogP contribution >= 0.6 is 11.6 Å². The Kier molecular flexibility index (Phi) is 3.85. The lowest BCUT2D eigenvalue weighted by Gasteiger charge is -2.07. The van der Waals surface area contributed by atoms with Crippen molar-refractivity contribution in [2.75, 3.05) is 13.9 Å². The fourth-order valence-corrected chi connectivity index (χ4v) is 1.09. The second kappa shape index (κ2) is 4.93. The number of rotatable bonds is 4. The van der Waals surface area contributed by atoms with E-state index in [1.165, 1.54) is 13.2 Å². The fourth-order valence-electron chi connectivity index (χ4n) is 0.867. The molecule has 0 fully saturated rings. The smallest absolute Gasteiger partial charge is 0.188 e. The zero-order valence-electron chi connectivity index (χ0n) is 7.42. The minimum absolute atomic E-state index is 0.0282. The SMILES string of the molecule is COCOc1cc(F)c(C=O)cc1Cl. The van der Waals surface area contributed by atoms with E-state index in [0.717, 1.165) is 6.07 Å². The van der Waals surface area contributed by atoms with Gasteiger partial charge < -0.3 is 9.47 Å². The average Bonchev–Trinajstić information content (AvgIpc) is 2.18. The van der Waals surface area contributed by atoms with Crippen molar-refractivity contribution in [3.05, 3.63) is 28.5 Å². The van der Waals surface area contributed by atoms with Gasteiger partial charge in [0.25, 0.3) is 0 Å². The van der Waals surface area contributed by atoms with Gasteiger partial charge in [-0.15, -0.1) is 0 Å². The molecule has 0 atom stereocenters. The van der Waals surface area contributed by atoms with Crippen LogP contribution in [-0.2, 0) is 4.74 Å². The first-order chi connectivity index (χ1) is 6.69. The minimum Gasteiger partial charge on any atom is -0.466 e. The number of methoxy groups -OCH3 is 1. The van der Waals surface area contributed by atoms with Gasteiger partial charge in [0.05, 0.1) is 10.6 Å². The van der Waals surface area contributed by atoms with Crippen LogP contribution in [-0.4, -0.2) is 20.2 Å². The van der Waals surface area contributed by atoms with Crippen molar-refractivity contribution in [3.8, 4) is 5.75 Å². The summed E-state index contributed by atoms with van der Waals surface area (Å²) in [7, 11) is 1.43. The van der Waals surface area contributed by atoms with E-state index in [1.807, 2.05) is 0 Å². The van der Waals surface area contributed by atoms with Crippen LogP contribution in [0.2, 0.25) is 5.02 Å². The van der Waals surface area contributed by atoms with Crippen LogP contribution in [0, 0.1) is 5.82 Å². The van der Waals surface area contributed by atoms with Crippen molar-refractivity contribution in [2.24, 2.45) is 0 Å². The number of carbonyl (C=O) groups excluding carboxylic acids is 1. The molecule has 1 aromatic rings. The standard InChI is InChI=1S/C9H8ClFO3/c1-13-5-14-9-3-8(11)6(4-12)2-7(9)10/h2-4H,5H2,1H3. The molecule has 0 aliphatic carbocycles. The molecule has 0 heterocycles. The van der Waals surface area contributed by atoms with Gasteiger partial charge in [0.1, 0.15) is 11.6 Å². The molecule has 0 aliphatic rings. The molecule has 0 spiro atoms. The molecular weight excluding hydrogens is 211 g/mol. The van der Waals surface area contributed by atoms with E-state index in [9.17, 15) is 9.18 Å². The summed E-state index contributed by atoms with van der Waals surface area (Å²) < 4.78 is 22.6. The number of ether oxygens (including phenoxy) is 2. The zero-order chi connectivity index (χ0) is 10.6. The summed E-state index contributed by atoms with van der Waals surface area (Å²) in [6, 6.07) is 2.25. The minimum atomic E-state index is -0.671. The van der Waals surface area contributed by atoms with E-state index in [-0.39, 0.29) is 23.1 Å². The number of benzene rings is 1. The molecule has 14 heavy (non-hydrogen) atoms. The lowest BCUT2D eigenvalue weighted by atomic mass is 10.2. The van der Waals surface area contributed by atoms with Crippen molar-refractivity contribution < 1.29 is 18.7 Å². The highest BCUT2D eigenvalue weighted by atomic mass is 35.5. The first-order valence-electron chi connectivity index (χ1n) is 3.75. The molecule has 0 N–H and O–H groups in total. The monoisotopic (exact) mass is 218 g/mol. The van der Waals surface area contributed by atoms with Crippen molar-refractivity contribution in [3.63, 3.8) is 0 Å². The van der Waals surface area contributed by atoms with E-state index >= 15 is 0 Å². The summed E-state index contributed by atoms with van der Waals surface area (Å²) in [6.07, 6.45) is 0.390. The first kappa shape index (κ1) is 10.9. The summed E-state index contributed by atoms with van der Waals surface area (Å²) >= 11 is 5.71. The van der Waals surface area contributed by atoms with Gasteiger partial charge in [-0.3, -0.25) is 4.79 Å². The van der Waals surface area contributed by atoms with Gasteiger partial charge in [0, 0.05) is 13.2 Å².